The van der Waals surface area contributed by atoms with Crippen LogP contribution >= 0.6 is 0 Å². The van der Waals surface area contributed by atoms with Crippen molar-refractivity contribution >= 4 is 9.84 Å². The van der Waals surface area contributed by atoms with Crippen molar-refractivity contribution in [2.45, 2.75) is 50.0 Å². The lowest BCUT2D eigenvalue weighted by Gasteiger charge is -2.21. The fourth-order valence-electron chi connectivity index (χ4n) is 3.35. The molecule has 6 nitrogen and oxygen atoms in total. The van der Waals surface area contributed by atoms with E-state index in [1.807, 2.05) is 9.47 Å². The first-order chi connectivity index (χ1) is 12.5. The molecule has 2 fully saturated rings. The summed E-state index contributed by atoms with van der Waals surface area (Å²) in [5.74, 6) is 3.12. The van der Waals surface area contributed by atoms with Crippen molar-refractivity contribution in [3.8, 4) is 12.3 Å². The molecule has 0 N–H and O–H groups in total. The summed E-state index contributed by atoms with van der Waals surface area (Å²) in [5, 5.41) is 0.175. The van der Waals surface area contributed by atoms with Crippen molar-refractivity contribution < 1.29 is 13.2 Å². The van der Waals surface area contributed by atoms with E-state index in [9.17, 15) is 8.42 Å². The van der Waals surface area contributed by atoms with Crippen molar-refractivity contribution in [3.63, 3.8) is 0 Å². The summed E-state index contributed by atoms with van der Waals surface area (Å²) < 4.78 is 33.3. The Bertz CT molecular complexity index is 768. The average molecular weight is 378 g/mol. The third-order valence-corrected chi connectivity index (χ3v) is 6.62. The summed E-state index contributed by atoms with van der Waals surface area (Å²) in [6.07, 6.45) is 12.9. The van der Waals surface area contributed by atoms with E-state index in [2.05, 4.69) is 17.5 Å². The number of sulfone groups is 1. The maximum absolute atomic E-state index is 12.8. The van der Waals surface area contributed by atoms with Crippen LogP contribution in [0, 0.1) is 18.3 Å². The predicted octanol–water partition coefficient (Wildman–Crippen LogP) is 1.87. The van der Waals surface area contributed by atoms with E-state index in [1.54, 1.807) is 12.3 Å². The minimum Gasteiger partial charge on any atom is -0.376 e. The summed E-state index contributed by atoms with van der Waals surface area (Å²) in [6.45, 7) is 6.67. The number of terminal acetylenes is 1. The van der Waals surface area contributed by atoms with Gasteiger partial charge in [0.25, 0.3) is 0 Å². The summed E-state index contributed by atoms with van der Waals surface area (Å²) in [5.41, 5.74) is 0.854. The number of imidazole rings is 1. The van der Waals surface area contributed by atoms with Gasteiger partial charge in [-0.25, -0.2) is 13.4 Å². The third kappa shape index (κ3) is 4.76. The number of rotatable bonds is 10. The van der Waals surface area contributed by atoms with Gasteiger partial charge in [0.05, 0.1) is 36.8 Å². The van der Waals surface area contributed by atoms with Gasteiger partial charge in [0.15, 0.2) is 0 Å². The number of ether oxygens (including phenoxy) is 1. The van der Waals surface area contributed by atoms with Crippen LogP contribution in [0.2, 0.25) is 0 Å². The summed E-state index contributed by atoms with van der Waals surface area (Å²) in [6, 6.07) is 0. The first-order valence-electron chi connectivity index (χ1n) is 9.19. The third-order valence-electron chi connectivity index (χ3n) is 4.83. The molecular weight excluding hydrogens is 350 g/mol. The molecule has 1 saturated heterocycles. The Morgan fingerprint density at radius 2 is 2.27 bits per heavy atom. The number of hydrogen-bond donors (Lipinski definition) is 0. The second-order valence-electron chi connectivity index (χ2n) is 7.16. The van der Waals surface area contributed by atoms with E-state index in [1.165, 1.54) is 0 Å². The first-order valence-corrected chi connectivity index (χ1v) is 10.8. The smallest absolute Gasteiger partial charge is 0.227 e. The van der Waals surface area contributed by atoms with Crippen LogP contribution in [0.3, 0.4) is 0 Å². The van der Waals surface area contributed by atoms with Crippen molar-refractivity contribution in [2.75, 3.05) is 25.4 Å². The molecule has 1 aliphatic carbocycles. The standard InChI is InChI=1S/C19H27N3O3S/c1-3-9-21(10-4-2)13-17-12-20-19(26(23,24)15-16-7-8-16)22(17)14-18-6-5-11-25-18/h1,4,12,16,18H,2,5-11,13-15H2. The Morgan fingerprint density at radius 1 is 1.46 bits per heavy atom. The van der Waals surface area contributed by atoms with Crippen LogP contribution in [0.4, 0.5) is 0 Å². The zero-order valence-electron chi connectivity index (χ0n) is 15.1. The zero-order chi connectivity index (χ0) is 18.6. The molecule has 0 spiro atoms. The molecule has 7 heteroatoms. The zero-order valence-corrected chi connectivity index (χ0v) is 16.0. The molecule has 142 valence electrons. The van der Waals surface area contributed by atoms with E-state index in [0.29, 0.717) is 26.2 Å². The lowest BCUT2D eigenvalue weighted by molar-refractivity contribution is 0.0934. The van der Waals surface area contributed by atoms with Gasteiger partial charge >= 0.3 is 0 Å². The molecule has 3 rings (SSSR count). The molecule has 0 amide bonds. The fourth-order valence-corrected chi connectivity index (χ4v) is 5.19. The number of nitrogens with zero attached hydrogens (tertiary/aromatic N) is 3. The summed E-state index contributed by atoms with van der Waals surface area (Å²) in [4.78, 5) is 6.33. The molecule has 1 unspecified atom stereocenters. The molecule has 1 aliphatic heterocycles. The van der Waals surface area contributed by atoms with Crippen LogP contribution in [0.5, 0.6) is 0 Å². The average Bonchev–Trinajstić information content (AvgIpc) is 3.08. The molecule has 1 aromatic heterocycles. The highest BCUT2D eigenvalue weighted by Gasteiger charge is 2.33. The van der Waals surface area contributed by atoms with Gasteiger partial charge in [-0.3, -0.25) is 4.90 Å². The predicted molar refractivity (Wildman–Crippen MR) is 100 cm³/mol. The fraction of sp³-hybridized carbons (Fsp3) is 0.632. The van der Waals surface area contributed by atoms with Crippen LogP contribution < -0.4 is 0 Å². The highest BCUT2D eigenvalue weighted by Crippen LogP contribution is 2.32. The van der Waals surface area contributed by atoms with E-state index >= 15 is 0 Å². The molecule has 1 saturated carbocycles. The minimum absolute atomic E-state index is 0.0401. The van der Waals surface area contributed by atoms with Gasteiger partial charge in [-0.1, -0.05) is 12.0 Å². The molecule has 26 heavy (non-hydrogen) atoms. The van der Waals surface area contributed by atoms with Gasteiger partial charge in [0.1, 0.15) is 0 Å². The van der Waals surface area contributed by atoms with Gasteiger partial charge in [-0.15, -0.1) is 13.0 Å². The lowest BCUT2D eigenvalue weighted by Crippen LogP contribution is -2.28. The van der Waals surface area contributed by atoms with E-state index in [4.69, 9.17) is 11.2 Å². The molecular formula is C19H27N3O3S. The van der Waals surface area contributed by atoms with E-state index in [-0.39, 0.29) is 22.9 Å². The van der Waals surface area contributed by atoms with Crippen LogP contribution in [0.1, 0.15) is 31.4 Å². The van der Waals surface area contributed by atoms with Crippen LogP contribution in [0.15, 0.2) is 24.0 Å². The second-order valence-corrected chi connectivity index (χ2v) is 9.09. The van der Waals surface area contributed by atoms with E-state index in [0.717, 1.165) is 38.0 Å². The van der Waals surface area contributed by atoms with Gasteiger partial charge in [-0.2, -0.15) is 0 Å². The molecule has 1 atom stereocenters. The Balaban J connectivity index is 1.87. The molecule has 1 aromatic rings. The summed E-state index contributed by atoms with van der Waals surface area (Å²) >= 11 is 0. The number of hydrogen-bond acceptors (Lipinski definition) is 5. The van der Waals surface area contributed by atoms with Gasteiger partial charge < -0.3 is 9.30 Å². The van der Waals surface area contributed by atoms with Crippen molar-refractivity contribution in [1.29, 1.82) is 0 Å². The molecule has 0 bridgehead atoms. The van der Waals surface area contributed by atoms with Crippen LogP contribution in [-0.4, -0.2) is 54.4 Å². The van der Waals surface area contributed by atoms with Crippen LogP contribution in [0.25, 0.3) is 0 Å². The van der Waals surface area contributed by atoms with Gasteiger partial charge in [-0.05, 0) is 31.6 Å². The summed E-state index contributed by atoms with van der Waals surface area (Å²) in [7, 11) is -3.39. The largest absolute Gasteiger partial charge is 0.376 e. The Labute approximate surface area is 156 Å². The molecule has 0 aromatic carbocycles. The van der Waals surface area contributed by atoms with Crippen molar-refractivity contribution in [2.24, 2.45) is 5.92 Å². The molecule has 0 radical (unpaired) electrons. The van der Waals surface area contributed by atoms with E-state index < -0.39 is 9.84 Å². The van der Waals surface area contributed by atoms with Gasteiger partial charge in [0, 0.05) is 19.7 Å². The monoisotopic (exact) mass is 377 g/mol. The molecule has 2 aliphatic rings. The quantitative estimate of drug-likeness (QED) is 0.460. The molecule has 2 heterocycles. The van der Waals surface area contributed by atoms with Crippen molar-refractivity contribution in [3.05, 3.63) is 24.5 Å². The maximum atomic E-state index is 12.8. The highest BCUT2D eigenvalue weighted by atomic mass is 32.2. The van der Waals surface area contributed by atoms with Crippen LogP contribution in [-0.2, 0) is 27.7 Å². The topological polar surface area (TPSA) is 64.4 Å². The Morgan fingerprint density at radius 3 is 2.88 bits per heavy atom. The maximum Gasteiger partial charge on any atom is 0.227 e. The lowest BCUT2D eigenvalue weighted by atomic mass is 10.2. The van der Waals surface area contributed by atoms with Gasteiger partial charge in [0.2, 0.25) is 15.0 Å². The minimum atomic E-state index is -3.39. The Hall–Kier alpha value is -1.62. The normalized spacial score (nSPS) is 20.4. The number of aromatic nitrogens is 2. The second kappa shape index (κ2) is 8.38. The SMILES string of the molecule is C#CCN(CC=C)Cc1cnc(S(=O)(=O)CC2CC2)n1CC1CCCO1. The van der Waals surface area contributed by atoms with Crippen molar-refractivity contribution in [1.82, 2.24) is 14.5 Å². The first kappa shape index (κ1) is 19.2. The highest BCUT2D eigenvalue weighted by molar-refractivity contribution is 7.91. The Kier molecular flexibility index (Phi) is 6.17.